The first-order valence-corrected chi connectivity index (χ1v) is 6.92. The van der Waals surface area contributed by atoms with Crippen LogP contribution in [0.5, 0.6) is 0 Å². The molecule has 0 bridgehead atoms. The molecule has 0 spiro atoms. The molecule has 0 saturated heterocycles. The average molecular weight is 280 g/mol. The number of imidazole rings is 1. The Balaban J connectivity index is 1.87. The fourth-order valence-electron chi connectivity index (χ4n) is 2.30. The zero-order valence-corrected chi connectivity index (χ0v) is 11.8. The zero-order chi connectivity index (χ0) is 14.7. The van der Waals surface area contributed by atoms with Crippen LogP contribution < -0.4 is 5.32 Å². The molecule has 0 aliphatic heterocycles. The Labute approximate surface area is 122 Å². The third kappa shape index (κ3) is 2.63. The topological polar surface area (TPSA) is 59.3 Å². The van der Waals surface area contributed by atoms with E-state index in [1.807, 2.05) is 47.9 Å². The molecule has 3 rings (SSSR count). The van der Waals surface area contributed by atoms with Gasteiger partial charge in [-0.15, -0.1) is 0 Å². The lowest BCUT2D eigenvalue weighted by molar-refractivity contribution is 0.0944. The Hall–Kier alpha value is -2.69. The molecule has 0 aliphatic rings. The van der Waals surface area contributed by atoms with Crippen molar-refractivity contribution in [1.29, 1.82) is 0 Å². The lowest BCUT2D eigenvalue weighted by Crippen LogP contribution is -2.25. The number of nitrogens with zero attached hydrogens (tertiary/aromatic N) is 3. The van der Waals surface area contributed by atoms with E-state index in [-0.39, 0.29) is 5.91 Å². The van der Waals surface area contributed by atoms with E-state index in [0.29, 0.717) is 12.2 Å². The van der Waals surface area contributed by atoms with Gasteiger partial charge in [-0.3, -0.25) is 14.2 Å². The van der Waals surface area contributed by atoms with Crippen LogP contribution in [0.25, 0.3) is 5.65 Å². The van der Waals surface area contributed by atoms with Crippen molar-refractivity contribution in [2.24, 2.45) is 0 Å². The number of aromatic nitrogens is 3. The summed E-state index contributed by atoms with van der Waals surface area (Å²) in [5.74, 6) is -0.109. The largest absolute Gasteiger partial charge is 0.347 e. The van der Waals surface area contributed by atoms with E-state index >= 15 is 0 Å². The van der Waals surface area contributed by atoms with Crippen LogP contribution in [-0.4, -0.2) is 20.3 Å². The van der Waals surface area contributed by atoms with Crippen LogP contribution in [0.4, 0.5) is 0 Å². The zero-order valence-electron chi connectivity index (χ0n) is 11.8. The fourth-order valence-corrected chi connectivity index (χ4v) is 2.30. The van der Waals surface area contributed by atoms with Gasteiger partial charge in [-0.2, -0.15) is 0 Å². The lowest BCUT2D eigenvalue weighted by atomic mass is 10.2. The maximum atomic E-state index is 12.5. The number of carbonyl (C=O) groups excluding carboxylic acids is 1. The summed E-state index contributed by atoms with van der Waals surface area (Å²) in [4.78, 5) is 20.9. The quantitative estimate of drug-likeness (QED) is 0.797. The van der Waals surface area contributed by atoms with Crippen molar-refractivity contribution in [3.8, 4) is 0 Å². The van der Waals surface area contributed by atoms with Crippen LogP contribution in [0.3, 0.4) is 0 Å². The summed E-state index contributed by atoms with van der Waals surface area (Å²) in [6, 6.07) is 9.48. The van der Waals surface area contributed by atoms with Crippen LogP contribution in [0.2, 0.25) is 0 Å². The number of hydrogen-bond acceptors (Lipinski definition) is 3. The van der Waals surface area contributed by atoms with E-state index in [9.17, 15) is 4.79 Å². The van der Waals surface area contributed by atoms with Crippen LogP contribution >= 0.6 is 0 Å². The van der Waals surface area contributed by atoms with E-state index in [2.05, 4.69) is 15.3 Å². The summed E-state index contributed by atoms with van der Waals surface area (Å²) >= 11 is 0. The molecule has 0 atom stereocenters. The molecule has 3 aromatic heterocycles. The second-order valence-electron chi connectivity index (χ2n) is 4.73. The number of carbonyl (C=O) groups is 1. The van der Waals surface area contributed by atoms with Gasteiger partial charge in [0.15, 0.2) is 0 Å². The van der Waals surface area contributed by atoms with Crippen molar-refractivity contribution in [2.75, 3.05) is 0 Å². The van der Waals surface area contributed by atoms with Gasteiger partial charge in [-0.05, 0) is 36.2 Å². The predicted octanol–water partition coefficient (Wildman–Crippen LogP) is 2.22. The van der Waals surface area contributed by atoms with Crippen molar-refractivity contribution >= 4 is 11.6 Å². The minimum atomic E-state index is -0.109. The maximum Gasteiger partial charge on any atom is 0.270 e. The molecule has 3 heterocycles. The molecular formula is C16H16N4O. The van der Waals surface area contributed by atoms with E-state index in [4.69, 9.17) is 0 Å². The number of rotatable bonds is 4. The highest BCUT2D eigenvalue weighted by molar-refractivity contribution is 5.94. The van der Waals surface area contributed by atoms with Crippen LogP contribution in [-0.2, 0) is 13.0 Å². The highest BCUT2D eigenvalue weighted by Gasteiger charge is 2.17. The number of nitrogens with one attached hydrogen (secondary N) is 1. The summed E-state index contributed by atoms with van der Waals surface area (Å²) in [5, 5.41) is 2.94. The van der Waals surface area contributed by atoms with Gasteiger partial charge in [-0.25, -0.2) is 4.98 Å². The number of amides is 1. The van der Waals surface area contributed by atoms with E-state index in [0.717, 1.165) is 23.3 Å². The Morgan fingerprint density at radius 2 is 2.05 bits per heavy atom. The second kappa shape index (κ2) is 5.75. The first-order valence-electron chi connectivity index (χ1n) is 6.92. The Kier molecular flexibility index (Phi) is 3.64. The van der Waals surface area contributed by atoms with Gasteiger partial charge < -0.3 is 5.32 Å². The van der Waals surface area contributed by atoms with E-state index < -0.39 is 0 Å². The van der Waals surface area contributed by atoms with Gasteiger partial charge in [0, 0.05) is 25.1 Å². The summed E-state index contributed by atoms with van der Waals surface area (Å²) in [5.41, 5.74) is 3.24. The Morgan fingerprint density at radius 3 is 2.81 bits per heavy atom. The van der Waals surface area contributed by atoms with Gasteiger partial charge >= 0.3 is 0 Å². The molecule has 0 aliphatic carbocycles. The average Bonchev–Trinajstić information content (AvgIpc) is 2.92. The molecule has 0 saturated carbocycles. The molecule has 1 amide bonds. The van der Waals surface area contributed by atoms with E-state index in [1.54, 1.807) is 12.4 Å². The first kappa shape index (κ1) is 13.3. The summed E-state index contributed by atoms with van der Waals surface area (Å²) in [7, 11) is 0. The fraction of sp³-hybridized carbons (Fsp3) is 0.188. The van der Waals surface area contributed by atoms with Crippen LogP contribution in [0, 0.1) is 0 Å². The summed E-state index contributed by atoms with van der Waals surface area (Å²) < 4.78 is 1.83. The monoisotopic (exact) mass is 280 g/mol. The maximum absolute atomic E-state index is 12.5. The number of aryl methyl sites for hydroxylation is 1. The van der Waals surface area contributed by atoms with Crippen molar-refractivity contribution in [1.82, 2.24) is 19.7 Å². The normalized spacial score (nSPS) is 10.7. The van der Waals surface area contributed by atoms with Gasteiger partial charge in [0.1, 0.15) is 11.3 Å². The Morgan fingerprint density at radius 1 is 1.24 bits per heavy atom. The lowest BCUT2D eigenvalue weighted by Gasteiger charge is -2.06. The van der Waals surface area contributed by atoms with Gasteiger partial charge in [0.2, 0.25) is 0 Å². The highest BCUT2D eigenvalue weighted by atomic mass is 16.1. The summed E-state index contributed by atoms with van der Waals surface area (Å²) in [6.45, 7) is 2.48. The van der Waals surface area contributed by atoms with Crippen molar-refractivity contribution in [3.05, 3.63) is 65.9 Å². The SMILES string of the molecule is CCc1nc2ccccn2c1C(=O)NCc1ccncc1. The molecule has 21 heavy (non-hydrogen) atoms. The van der Waals surface area contributed by atoms with Crippen molar-refractivity contribution < 1.29 is 4.79 Å². The second-order valence-corrected chi connectivity index (χ2v) is 4.73. The third-order valence-electron chi connectivity index (χ3n) is 3.35. The highest BCUT2D eigenvalue weighted by Crippen LogP contribution is 2.13. The smallest absolute Gasteiger partial charge is 0.270 e. The molecule has 0 fully saturated rings. The first-order chi connectivity index (χ1) is 10.3. The summed E-state index contributed by atoms with van der Waals surface area (Å²) in [6.07, 6.45) is 6.02. The third-order valence-corrected chi connectivity index (χ3v) is 3.35. The van der Waals surface area contributed by atoms with Gasteiger partial charge in [0.05, 0.1) is 5.69 Å². The van der Waals surface area contributed by atoms with Crippen LogP contribution in [0.15, 0.2) is 48.9 Å². The number of fused-ring (bicyclic) bond motifs is 1. The predicted molar refractivity (Wildman–Crippen MR) is 80.0 cm³/mol. The molecule has 0 radical (unpaired) electrons. The van der Waals surface area contributed by atoms with Gasteiger partial charge in [0.25, 0.3) is 5.91 Å². The van der Waals surface area contributed by atoms with Crippen LogP contribution in [0.1, 0.15) is 28.7 Å². The molecule has 3 aromatic rings. The number of pyridine rings is 2. The minimum absolute atomic E-state index is 0.109. The van der Waals surface area contributed by atoms with E-state index in [1.165, 1.54) is 0 Å². The minimum Gasteiger partial charge on any atom is -0.347 e. The van der Waals surface area contributed by atoms with Crippen molar-refractivity contribution in [3.63, 3.8) is 0 Å². The molecule has 5 nitrogen and oxygen atoms in total. The molecule has 0 aromatic carbocycles. The van der Waals surface area contributed by atoms with Gasteiger partial charge in [-0.1, -0.05) is 13.0 Å². The molecule has 106 valence electrons. The number of hydrogen-bond donors (Lipinski definition) is 1. The standard InChI is InChI=1S/C16H16N4O/c1-2-13-15(20-10-4-3-5-14(20)19-13)16(21)18-11-12-6-8-17-9-7-12/h3-10H,2,11H2,1H3,(H,18,21). The Bertz CT molecular complexity index is 764. The molecule has 5 heteroatoms. The molecular weight excluding hydrogens is 264 g/mol. The van der Waals surface area contributed by atoms with Crippen molar-refractivity contribution in [2.45, 2.75) is 19.9 Å². The molecule has 0 unspecified atom stereocenters. The molecule has 1 N–H and O–H groups in total.